The van der Waals surface area contributed by atoms with Crippen LogP contribution < -0.4 is 38.9 Å². The summed E-state index contributed by atoms with van der Waals surface area (Å²) in [7, 11) is 3.12. The minimum Gasteiger partial charge on any atom is -0.497 e. The van der Waals surface area contributed by atoms with Crippen LogP contribution in [0.3, 0.4) is 0 Å². The van der Waals surface area contributed by atoms with Gasteiger partial charge in [0.25, 0.3) is 5.56 Å². The number of allylic oxidation sites excluding steroid dienone is 1. The second-order valence-corrected chi connectivity index (χ2v) is 13.0. The Balaban J connectivity index is 1.23. The second-order valence-electron chi connectivity index (χ2n) is 12.0. The van der Waals surface area contributed by atoms with Gasteiger partial charge in [0.2, 0.25) is 11.9 Å². The molecule has 0 spiro atoms. The monoisotopic (exact) mass is 729 g/mol. The Labute approximate surface area is 303 Å². The summed E-state index contributed by atoms with van der Waals surface area (Å²) in [5.74, 6) is 1.96. The van der Waals surface area contributed by atoms with Crippen LogP contribution in [-0.2, 0) is 19.0 Å². The lowest BCUT2D eigenvalue weighted by Gasteiger charge is -2.30. The number of morpholine rings is 2. The molecule has 2 aromatic carbocycles. The third kappa shape index (κ3) is 7.22. The number of ether oxygens (including phenoxy) is 6. The van der Waals surface area contributed by atoms with Crippen molar-refractivity contribution in [1.29, 1.82) is 0 Å². The van der Waals surface area contributed by atoms with Gasteiger partial charge in [-0.15, -0.1) is 0 Å². The molecule has 52 heavy (non-hydrogen) atoms. The molecule has 2 aromatic heterocycles. The molecule has 0 saturated carbocycles. The van der Waals surface area contributed by atoms with E-state index in [1.165, 1.54) is 11.3 Å². The summed E-state index contributed by atoms with van der Waals surface area (Å²) >= 11 is 1.24. The number of carbonyl (C=O) groups is 1. The highest BCUT2D eigenvalue weighted by atomic mass is 32.1. The standard InChI is InChI=1S/C36H39N7O8S/c1-5-50-32(45)29-22(2)37-36-43(30(29)24-7-9-25(46-3)10-8-24)31(44)28(52-36)21-23-6-11-26(27(20-23)47-4)51-35-39-33(41-12-16-48-17-13-41)38-34(40-35)42-14-18-49-19-15-42/h6-11,20-21,30H,5,12-19H2,1-4H3/b28-21+/t30-/m0/s1. The van der Waals surface area contributed by atoms with Gasteiger partial charge in [-0.3, -0.25) is 9.36 Å². The van der Waals surface area contributed by atoms with Crippen LogP contribution >= 0.6 is 11.3 Å². The van der Waals surface area contributed by atoms with Crippen molar-refractivity contribution < 1.29 is 33.2 Å². The van der Waals surface area contributed by atoms with Crippen LogP contribution in [0.15, 0.2) is 63.5 Å². The van der Waals surface area contributed by atoms with Gasteiger partial charge >= 0.3 is 12.0 Å². The molecule has 16 heteroatoms. The lowest BCUT2D eigenvalue weighted by molar-refractivity contribution is -0.139. The zero-order valence-corrected chi connectivity index (χ0v) is 30.2. The molecule has 0 radical (unpaired) electrons. The SMILES string of the molecule is CCOC(=O)C1=C(C)N=c2s/c(=C/c3ccc(Oc4nc(N5CCOCC5)nc(N5CCOCC5)n4)c(OC)c3)c(=O)n2[C@H]1c1ccc(OC)cc1. The highest BCUT2D eigenvalue weighted by Gasteiger charge is 2.33. The number of hydrogen-bond acceptors (Lipinski definition) is 15. The van der Waals surface area contributed by atoms with E-state index >= 15 is 0 Å². The first-order valence-electron chi connectivity index (χ1n) is 17.0. The number of methoxy groups -OCH3 is 2. The Hall–Kier alpha value is -5.32. The molecule has 0 amide bonds. The lowest BCUT2D eigenvalue weighted by Crippen LogP contribution is -2.40. The number of aromatic nitrogens is 4. The van der Waals surface area contributed by atoms with Crippen LogP contribution in [0.25, 0.3) is 6.08 Å². The van der Waals surface area contributed by atoms with Crippen molar-refractivity contribution in [2.24, 2.45) is 4.99 Å². The number of nitrogens with zero attached hydrogens (tertiary/aromatic N) is 7. The molecule has 4 aromatic rings. The molecule has 15 nitrogen and oxygen atoms in total. The third-order valence-electron chi connectivity index (χ3n) is 8.81. The fourth-order valence-electron chi connectivity index (χ4n) is 6.19. The number of thiazole rings is 1. The molecule has 5 heterocycles. The molecule has 2 saturated heterocycles. The van der Waals surface area contributed by atoms with Gasteiger partial charge in [-0.05, 0) is 55.3 Å². The van der Waals surface area contributed by atoms with Crippen LogP contribution in [0.1, 0.15) is 31.0 Å². The maximum absolute atomic E-state index is 14.1. The topological polar surface area (TPSA) is 152 Å². The van der Waals surface area contributed by atoms with Crippen LogP contribution in [-0.4, -0.2) is 98.9 Å². The van der Waals surface area contributed by atoms with Crippen molar-refractivity contribution in [2.45, 2.75) is 19.9 Å². The summed E-state index contributed by atoms with van der Waals surface area (Å²) < 4.78 is 35.8. The Kier molecular flexibility index (Phi) is 10.5. The van der Waals surface area contributed by atoms with Crippen LogP contribution in [0.5, 0.6) is 23.3 Å². The summed E-state index contributed by atoms with van der Waals surface area (Å²) in [6.45, 7) is 8.61. The molecule has 7 rings (SSSR count). The maximum atomic E-state index is 14.1. The van der Waals surface area contributed by atoms with Crippen molar-refractivity contribution in [3.63, 3.8) is 0 Å². The van der Waals surface area contributed by atoms with Crippen LogP contribution in [0, 0.1) is 0 Å². The van der Waals surface area contributed by atoms with Crippen molar-refractivity contribution >= 4 is 35.3 Å². The third-order valence-corrected chi connectivity index (χ3v) is 9.80. The first kappa shape index (κ1) is 35.1. The molecular formula is C36H39N7O8S. The highest BCUT2D eigenvalue weighted by molar-refractivity contribution is 7.07. The van der Waals surface area contributed by atoms with E-state index in [2.05, 4.69) is 24.8 Å². The van der Waals surface area contributed by atoms with Gasteiger partial charge in [0.15, 0.2) is 16.3 Å². The van der Waals surface area contributed by atoms with E-state index in [0.717, 1.165) is 5.56 Å². The molecule has 0 aliphatic carbocycles. The van der Waals surface area contributed by atoms with E-state index in [1.807, 2.05) is 18.2 Å². The normalized spacial score (nSPS) is 17.8. The minimum atomic E-state index is -0.737. The number of anilines is 2. The Morgan fingerprint density at radius 3 is 2.15 bits per heavy atom. The molecule has 1 atom stereocenters. The van der Waals surface area contributed by atoms with Crippen molar-refractivity contribution in [1.82, 2.24) is 19.5 Å². The summed E-state index contributed by atoms with van der Waals surface area (Å²) in [6, 6.07) is 12.0. The fourth-order valence-corrected chi connectivity index (χ4v) is 7.24. The quantitative estimate of drug-likeness (QED) is 0.220. The number of fused-ring (bicyclic) bond motifs is 1. The van der Waals surface area contributed by atoms with Crippen LogP contribution in [0.2, 0.25) is 0 Å². The van der Waals surface area contributed by atoms with E-state index in [-0.39, 0.29) is 18.2 Å². The first-order valence-corrected chi connectivity index (χ1v) is 17.8. The first-order chi connectivity index (χ1) is 25.4. The molecular weight excluding hydrogens is 691 g/mol. The molecule has 3 aliphatic rings. The Morgan fingerprint density at radius 1 is 0.904 bits per heavy atom. The average molecular weight is 730 g/mol. The zero-order valence-electron chi connectivity index (χ0n) is 29.4. The number of rotatable bonds is 10. The average Bonchev–Trinajstić information content (AvgIpc) is 3.48. The van der Waals surface area contributed by atoms with Gasteiger partial charge in [0.1, 0.15) is 5.75 Å². The van der Waals surface area contributed by atoms with Crippen molar-refractivity contribution in [3.05, 3.63) is 84.5 Å². The van der Waals surface area contributed by atoms with Gasteiger partial charge in [0.05, 0.1) is 69.1 Å². The van der Waals surface area contributed by atoms with E-state index in [4.69, 9.17) is 33.4 Å². The largest absolute Gasteiger partial charge is 0.497 e. The molecule has 0 unspecified atom stereocenters. The number of benzene rings is 2. The molecule has 3 aliphatic heterocycles. The van der Waals surface area contributed by atoms with E-state index < -0.39 is 12.0 Å². The fraction of sp³-hybridized carbons (Fsp3) is 0.389. The molecule has 0 bridgehead atoms. The summed E-state index contributed by atoms with van der Waals surface area (Å²) in [4.78, 5) is 50.6. The highest BCUT2D eigenvalue weighted by Crippen LogP contribution is 2.34. The second kappa shape index (κ2) is 15.5. The Morgan fingerprint density at radius 2 is 1.56 bits per heavy atom. The minimum absolute atomic E-state index is 0.128. The summed E-state index contributed by atoms with van der Waals surface area (Å²) in [6.07, 6.45) is 1.76. The van der Waals surface area contributed by atoms with Gasteiger partial charge in [0, 0.05) is 26.2 Å². The van der Waals surface area contributed by atoms with Crippen molar-refractivity contribution in [3.8, 4) is 23.3 Å². The number of carbonyl (C=O) groups excluding carboxylic acids is 1. The zero-order chi connectivity index (χ0) is 36.2. The predicted octanol–water partition coefficient (Wildman–Crippen LogP) is 2.47. The lowest BCUT2D eigenvalue weighted by atomic mass is 9.96. The van der Waals surface area contributed by atoms with Crippen molar-refractivity contribution in [2.75, 3.05) is 83.2 Å². The maximum Gasteiger partial charge on any atom is 0.338 e. The summed E-state index contributed by atoms with van der Waals surface area (Å²) in [5, 5.41) is 0. The summed E-state index contributed by atoms with van der Waals surface area (Å²) in [5.41, 5.74) is 1.91. The van der Waals surface area contributed by atoms with Gasteiger partial charge < -0.3 is 38.2 Å². The van der Waals surface area contributed by atoms with Gasteiger partial charge in [-0.1, -0.05) is 29.5 Å². The van der Waals surface area contributed by atoms with Gasteiger partial charge in [-0.25, -0.2) is 9.79 Å². The number of esters is 1. The smallest absolute Gasteiger partial charge is 0.338 e. The molecule has 2 fully saturated rings. The molecule has 0 N–H and O–H groups in total. The number of hydrogen-bond donors (Lipinski definition) is 0. The predicted molar refractivity (Wildman–Crippen MR) is 192 cm³/mol. The Bertz CT molecular complexity index is 2120. The van der Waals surface area contributed by atoms with E-state index in [9.17, 15) is 9.59 Å². The molecule has 272 valence electrons. The van der Waals surface area contributed by atoms with Gasteiger partial charge in [-0.2, -0.15) is 15.0 Å². The van der Waals surface area contributed by atoms with Crippen LogP contribution in [0.4, 0.5) is 11.9 Å². The van der Waals surface area contributed by atoms with E-state index in [0.29, 0.717) is 108 Å². The van der Waals surface area contributed by atoms with E-state index in [1.54, 1.807) is 63.0 Å².